The summed E-state index contributed by atoms with van der Waals surface area (Å²) in [5.74, 6) is 1.17. The summed E-state index contributed by atoms with van der Waals surface area (Å²) < 4.78 is 5.48. The van der Waals surface area contributed by atoms with Crippen LogP contribution in [0.25, 0.3) is 10.9 Å². The van der Waals surface area contributed by atoms with Crippen LogP contribution in [-0.4, -0.2) is 16.6 Å². The standard InChI is InChI=1S/C18H17N3O2/c1-11-10-15(14-6-4-5-7-16(14)19-11)18(22)21-20-13(3)17-9-8-12(2)23-17/h4-10H,1-3H3,(H,21,22)/b20-13+. The second-order valence-electron chi connectivity index (χ2n) is 5.38. The molecule has 0 spiro atoms. The van der Waals surface area contributed by atoms with Gasteiger partial charge in [0.05, 0.1) is 11.1 Å². The number of para-hydroxylation sites is 1. The summed E-state index contributed by atoms with van der Waals surface area (Å²) in [7, 11) is 0. The molecule has 116 valence electrons. The normalized spacial score (nSPS) is 11.7. The lowest BCUT2D eigenvalue weighted by atomic mass is 10.1. The fourth-order valence-electron chi connectivity index (χ4n) is 2.37. The summed E-state index contributed by atoms with van der Waals surface area (Å²) in [6.07, 6.45) is 0. The molecular weight excluding hydrogens is 290 g/mol. The smallest absolute Gasteiger partial charge is 0.272 e. The Morgan fingerprint density at radius 3 is 2.70 bits per heavy atom. The lowest BCUT2D eigenvalue weighted by molar-refractivity contribution is 0.0956. The molecule has 23 heavy (non-hydrogen) atoms. The second kappa shape index (κ2) is 6.04. The van der Waals surface area contributed by atoms with Gasteiger partial charge in [0.15, 0.2) is 0 Å². The Morgan fingerprint density at radius 2 is 1.96 bits per heavy atom. The first-order valence-corrected chi connectivity index (χ1v) is 7.32. The molecule has 1 N–H and O–H groups in total. The van der Waals surface area contributed by atoms with E-state index in [4.69, 9.17) is 4.42 Å². The van der Waals surface area contributed by atoms with Crippen LogP contribution in [0.2, 0.25) is 0 Å². The van der Waals surface area contributed by atoms with Gasteiger partial charge in [0.1, 0.15) is 17.2 Å². The van der Waals surface area contributed by atoms with E-state index in [0.29, 0.717) is 17.0 Å². The Hall–Kier alpha value is -2.95. The summed E-state index contributed by atoms with van der Waals surface area (Å²) >= 11 is 0. The monoisotopic (exact) mass is 307 g/mol. The van der Waals surface area contributed by atoms with Crippen LogP contribution in [0.5, 0.6) is 0 Å². The van der Waals surface area contributed by atoms with Crippen molar-refractivity contribution in [1.29, 1.82) is 0 Å². The molecule has 5 nitrogen and oxygen atoms in total. The number of pyridine rings is 1. The van der Waals surface area contributed by atoms with Crippen molar-refractivity contribution in [3.05, 3.63) is 65.2 Å². The van der Waals surface area contributed by atoms with E-state index in [0.717, 1.165) is 22.4 Å². The largest absolute Gasteiger partial charge is 0.460 e. The molecule has 2 aromatic heterocycles. The summed E-state index contributed by atoms with van der Waals surface area (Å²) in [6.45, 7) is 5.51. The molecule has 0 saturated heterocycles. The van der Waals surface area contributed by atoms with Crippen LogP contribution >= 0.6 is 0 Å². The molecular formula is C18H17N3O2. The number of aryl methyl sites for hydroxylation is 2. The van der Waals surface area contributed by atoms with Crippen molar-refractivity contribution in [1.82, 2.24) is 10.4 Å². The van der Waals surface area contributed by atoms with Crippen molar-refractivity contribution in [2.45, 2.75) is 20.8 Å². The number of nitrogens with one attached hydrogen (secondary N) is 1. The molecule has 1 amide bonds. The molecule has 0 aliphatic rings. The van der Waals surface area contributed by atoms with Crippen molar-refractivity contribution in [3.8, 4) is 0 Å². The molecule has 3 aromatic rings. The number of benzene rings is 1. The van der Waals surface area contributed by atoms with Crippen molar-refractivity contribution in [2.24, 2.45) is 5.10 Å². The Balaban J connectivity index is 1.89. The maximum atomic E-state index is 12.5. The van der Waals surface area contributed by atoms with E-state index in [1.165, 1.54) is 0 Å². The van der Waals surface area contributed by atoms with Gasteiger partial charge in [-0.3, -0.25) is 9.78 Å². The number of furan rings is 1. The first kappa shape index (κ1) is 15.0. The minimum atomic E-state index is -0.269. The fourth-order valence-corrected chi connectivity index (χ4v) is 2.37. The molecule has 0 saturated carbocycles. The SMILES string of the molecule is C/C(=N\NC(=O)c1cc(C)nc2ccccc12)c1ccc(C)o1. The molecule has 5 heteroatoms. The highest BCUT2D eigenvalue weighted by Crippen LogP contribution is 2.18. The zero-order valence-electron chi connectivity index (χ0n) is 13.3. The van der Waals surface area contributed by atoms with E-state index < -0.39 is 0 Å². The van der Waals surface area contributed by atoms with E-state index in [-0.39, 0.29) is 5.91 Å². The molecule has 0 unspecified atom stereocenters. The van der Waals surface area contributed by atoms with E-state index in [2.05, 4.69) is 15.5 Å². The first-order valence-electron chi connectivity index (χ1n) is 7.32. The third-order valence-corrected chi connectivity index (χ3v) is 3.51. The minimum Gasteiger partial charge on any atom is -0.460 e. The van der Waals surface area contributed by atoms with Gasteiger partial charge in [-0.25, -0.2) is 5.43 Å². The maximum Gasteiger partial charge on any atom is 0.272 e. The van der Waals surface area contributed by atoms with Crippen LogP contribution in [0.15, 0.2) is 52.0 Å². The van der Waals surface area contributed by atoms with Gasteiger partial charge in [-0.05, 0) is 45.0 Å². The number of aromatic nitrogens is 1. The maximum absolute atomic E-state index is 12.5. The third kappa shape index (κ3) is 3.13. The number of hydrogen-bond acceptors (Lipinski definition) is 4. The second-order valence-corrected chi connectivity index (χ2v) is 5.38. The van der Waals surface area contributed by atoms with E-state index in [9.17, 15) is 4.79 Å². The molecule has 3 rings (SSSR count). The number of hydrazone groups is 1. The molecule has 0 aliphatic heterocycles. The Kier molecular flexibility index (Phi) is 3.93. The molecule has 0 radical (unpaired) electrons. The van der Waals surface area contributed by atoms with Gasteiger partial charge in [-0.1, -0.05) is 18.2 Å². The highest BCUT2D eigenvalue weighted by molar-refractivity contribution is 6.07. The van der Waals surface area contributed by atoms with Crippen LogP contribution in [0.1, 0.15) is 34.5 Å². The lowest BCUT2D eigenvalue weighted by Gasteiger charge is -2.06. The van der Waals surface area contributed by atoms with E-state index >= 15 is 0 Å². The van der Waals surface area contributed by atoms with Crippen LogP contribution in [0, 0.1) is 13.8 Å². The first-order chi connectivity index (χ1) is 11.0. The van der Waals surface area contributed by atoms with Crippen molar-refractivity contribution in [2.75, 3.05) is 0 Å². The summed E-state index contributed by atoms with van der Waals surface area (Å²) in [5.41, 5.74) is 5.34. The minimum absolute atomic E-state index is 0.269. The van der Waals surface area contributed by atoms with Gasteiger partial charge in [-0.15, -0.1) is 0 Å². The Morgan fingerprint density at radius 1 is 1.17 bits per heavy atom. The summed E-state index contributed by atoms with van der Waals surface area (Å²) in [4.78, 5) is 16.9. The van der Waals surface area contributed by atoms with Crippen LogP contribution in [0.3, 0.4) is 0 Å². The summed E-state index contributed by atoms with van der Waals surface area (Å²) in [6, 6.07) is 13.0. The third-order valence-electron chi connectivity index (χ3n) is 3.51. The molecule has 2 heterocycles. The molecule has 0 fully saturated rings. The van der Waals surface area contributed by atoms with Crippen LogP contribution in [-0.2, 0) is 0 Å². The predicted molar refractivity (Wildman–Crippen MR) is 89.6 cm³/mol. The van der Waals surface area contributed by atoms with E-state index in [1.807, 2.05) is 50.2 Å². The average Bonchev–Trinajstić information content (AvgIpc) is 2.98. The quantitative estimate of drug-likeness (QED) is 0.594. The molecule has 1 aromatic carbocycles. The number of rotatable bonds is 3. The zero-order chi connectivity index (χ0) is 16.4. The molecule has 0 aliphatic carbocycles. The van der Waals surface area contributed by atoms with Gasteiger partial charge >= 0.3 is 0 Å². The summed E-state index contributed by atoms with van der Waals surface area (Å²) in [5, 5.41) is 4.93. The van der Waals surface area contributed by atoms with E-state index in [1.54, 1.807) is 13.0 Å². The number of fused-ring (bicyclic) bond motifs is 1. The number of nitrogens with zero attached hydrogens (tertiary/aromatic N) is 2. The number of amides is 1. The topological polar surface area (TPSA) is 67.5 Å². The Labute approximate surface area is 134 Å². The highest BCUT2D eigenvalue weighted by atomic mass is 16.3. The van der Waals surface area contributed by atoms with Gasteiger partial charge in [0.2, 0.25) is 0 Å². The lowest BCUT2D eigenvalue weighted by Crippen LogP contribution is -2.20. The van der Waals surface area contributed by atoms with Gasteiger partial charge in [0, 0.05) is 11.1 Å². The van der Waals surface area contributed by atoms with Gasteiger partial charge < -0.3 is 4.42 Å². The van der Waals surface area contributed by atoms with Gasteiger partial charge in [0.25, 0.3) is 5.91 Å². The predicted octanol–water partition coefficient (Wildman–Crippen LogP) is 3.60. The molecule has 0 bridgehead atoms. The number of carbonyl (C=O) groups is 1. The zero-order valence-corrected chi connectivity index (χ0v) is 13.3. The Bertz CT molecular complexity index is 910. The number of carbonyl (C=O) groups excluding carboxylic acids is 1. The van der Waals surface area contributed by atoms with Gasteiger partial charge in [-0.2, -0.15) is 5.10 Å². The van der Waals surface area contributed by atoms with Crippen LogP contribution < -0.4 is 5.43 Å². The van der Waals surface area contributed by atoms with Crippen molar-refractivity contribution in [3.63, 3.8) is 0 Å². The molecule has 0 atom stereocenters. The van der Waals surface area contributed by atoms with Crippen molar-refractivity contribution >= 4 is 22.5 Å². The number of hydrogen-bond donors (Lipinski definition) is 1. The highest BCUT2D eigenvalue weighted by Gasteiger charge is 2.12. The average molecular weight is 307 g/mol. The van der Waals surface area contributed by atoms with Crippen molar-refractivity contribution < 1.29 is 9.21 Å². The van der Waals surface area contributed by atoms with Crippen LogP contribution in [0.4, 0.5) is 0 Å². The fraction of sp³-hybridized carbons (Fsp3) is 0.167.